The van der Waals surface area contributed by atoms with Crippen molar-refractivity contribution in [1.29, 1.82) is 0 Å². The Morgan fingerprint density at radius 3 is 2.88 bits per heavy atom. The lowest BCUT2D eigenvalue weighted by atomic mass is 9.93. The second-order valence-corrected chi connectivity index (χ2v) is 4.45. The molecule has 17 heavy (non-hydrogen) atoms. The standard InChI is InChI=1S/C14H16FNO/c1-10-7-8-13(12(15)9-10)16-14(17)11-5-3-2-4-6-11/h2-3,7-9,11H,4-6H2,1H3,(H,16,17). The van der Waals surface area contributed by atoms with Gasteiger partial charge in [-0.25, -0.2) is 4.39 Å². The molecule has 0 heterocycles. The average Bonchev–Trinajstić information content (AvgIpc) is 2.34. The molecule has 1 aromatic rings. The minimum absolute atomic E-state index is 0.0271. The number of allylic oxidation sites excluding steroid dienone is 2. The third kappa shape index (κ3) is 2.93. The van der Waals surface area contributed by atoms with Crippen molar-refractivity contribution in [2.45, 2.75) is 26.2 Å². The Hall–Kier alpha value is -1.64. The highest BCUT2D eigenvalue weighted by Crippen LogP contribution is 2.21. The average molecular weight is 233 g/mol. The van der Waals surface area contributed by atoms with E-state index in [4.69, 9.17) is 0 Å². The van der Waals surface area contributed by atoms with Gasteiger partial charge in [0.25, 0.3) is 0 Å². The molecule has 0 fully saturated rings. The maximum absolute atomic E-state index is 13.5. The van der Waals surface area contributed by atoms with Crippen molar-refractivity contribution in [1.82, 2.24) is 0 Å². The van der Waals surface area contributed by atoms with E-state index in [0.717, 1.165) is 24.8 Å². The molecule has 1 atom stereocenters. The number of amides is 1. The lowest BCUT2D eigenvalue weighted by molar-refractivity contribution is -0.120. The van der Waals surface area contributed by atoms with Crippen LogP contribution in [0.3, 0.4) is 0 Å². The summed E-state index contributed by atoms with van der Waals surface area (Å²) in [5.74, 6) is -0.484. The summed E-state index contributed by atoms with van der Waals surface area (Å²) < 4.78 is 13.5. The van der Waals surface area contributed by atoms with Gasteiger partial charge in [0, 0.05) is 5.92 Å². The van der Waals surface area contributed by atoms with E-state index in [9.17, 15) is 9.18 Å². The van der Waals surface area contributed by atoms with Gasteiger partial charge in [-0.3, -0.25) is 4.79 Å². The topological polar surface area (TPSA) is 29.1 Å². The largest absolute Gasteiger partial charge is 0.323 e. The van der Waals surface area contributed by atoms with E-state index < -0.39 is 0 Å². The lowest BCUT2D eigenvalue weighted by Crippen LogP contribution is -2.24. The molecule has 2 rings (SSSR count). The Balaban J connectivity index is 2.05. The molecule has 1 aliphatic carbocycles. The summed E-state index contributed by atoms with van der Waals surface area (Å²) in [6, 6.07) is 4.83. The van der Waals surface area contributed by atoms with Gasteiger partial charge in [0.2, 0.25) is 5.91 Å². The Kier molecular flexibility index (Phi) is 3.57. The van der Waals surface area contributed by atoms with Gasteiger partial charge in [-0.05, 0) is 43.9 Å². The lowest BCUT2D eigenvalue weighted by Gasteiger charge is -2.17. The van der Waals surface area contributed by atoms with Crippen molar-refractivity contribution in [2.75, 3.05) is 5.32 Å². The van der Waals surface area contributed by atoms with Crippen molar-refractivity contribution >= 4 is 11.6 Å². The van der Waals surface area contributed by atoms with Crippen molar-refractivity contribution < 1.29 is 9.18 Å². The van der Waals surface area contributed by atoms with Gasteiger partial charge < -0.3 is 5.32 Å². The van der Waals surface area contributed by atoms with Crippen molar-refractivity contribution in [3.63, 3.8) is 0 Å². The van der Waals surface area contributed by atoms with Crippen LogP contribution in [0, 0.1) is 18.7 Å². The first kappa shape index (κ1) is 11.8. The third-order valence-electron chi connectivity index (χ3n) is 3.02. The van der Waals surface area contributed by atoms with Crippen LogP contribution in [-0.2, 0) is 4.79 Å². The van der Waals surface area contributed by atoms with Gasteiger partial charge in [0.05, 0.1) is 5.69 Å². The molecule has 0 saturated carbocycles. The van der Waals surface area contributed by atoms with Crippen LogP contribution in [0.5, 0.6) is 0 Å². The van der Waals surface area contributed by atoms with E-state index >= 15 is 0 Å². The maximum atomic E-state index is 13.5. The van der Waals surface area contributed by atoms with Crippen LogP contribution in [0.15, 0.2) is 30.4 Å². The Morgan fingerprint density at radius 1 is 1.41 bits per heavy atom. The number of carbonyl (C=O) groups excluding carboxylic acids is 1. The second kappa shape index (κ2) is 5.13. The van der Waals surface area contributed by atoms with E-state index in [0.29, 0.717) is 0 Å². The predicted molar refractivity (Wildman–Crippen MR) is 66.2 cm³/mol. The number of hydrogen-bond donors (Lipinski definition) is 1. The molecule has 0 aliphatic heterocycles. The summed E-state index contributed by atoms with van der Waals surface area (Å²) in [5, 5.41) is 2.66. The van der Waals surface area contributed by atoms with Gasteiger partial charge >= 0.3 is 0 Å². The fourth-order valence-corrected chi connectivity index (χ4v) is 1.99. The molecule has 1 aromatic carbocycles. The summed E-state index contributed by atoms with van der Waals surface area (Å²) >= 11 is 0. The molecule has 1 amide bonds. The second-order valence-electron chi connectivity index (χ2n) is 4.45. The van der Waals surface area contributed by atoms with E-state index in [1.54, 1.807) is 12.1 Å². The molecule has 0 spiro atoms. The first-order chi connectivity index (χ1) is 8.16. The van der Waals surface area contributed by atoms with Crippen molar-refractivity contribution in [3.8, 4) is 0 Å². The summed E-state index contributed by atoms with van der Waals surface area (Å²) in [6.45, 7) is 1.82. The minimum atomic E-state index is -0.371. The molecule has 0 bridgehead atoms. The summed E-state index contributed by atoms with van der Waals surface area (Å²) in [6.07, 6.45) is 6.61. The number of carbonyl (C=O) groups is 1. The zero-order valence-electron chi connectivity index (χ0n) is 9.87. The SMILES string of the molecule is Cc1ccc(NC(=O)C2CC=CCC2)c(F)c1. The molecule has 0 saturated heterocycles. The molecule has 2 nitrogen and oxygen atoms in total. The highest BCUT2D eigenvalue weighted by atomic mass is 19.1. The smallest absolute Gasteiger partial charge is 0.227 e. The van der Waals surface area contributed by atoms with Gasteiger partial charge in [0.15, 0.2) is 0 Å². The number of anilines is 1. The normalized spacial score (nSPS) is 19.1. The molecule has 90 valence electrons. The predicted octanol–water partition coefficient (Wildman–Crippen LogP) is 3.43. The number of aryl methyl sites for hydroxylation is 1. The van der Waals surface area contributed by atoms with Crippen LogP contribution in [0.4, 0.5) is 10.1 Å². The van der Waals surface area contributed by atoms with Gasteiger partial charge in [0.1, 0.15) is 5.82 Å². The molecule has 1 N–H and O–H groups in total. The summed E-state index contributed by atoms with van der Waals surface area (Å²) in [4.78, 5) is 11.9. The Bertz CT molecular complexity index is 454. The number of nitrogens with one attached hydrogen (secondary N) is 1. The van der Waals surface area contributed by atoms with E-state index in [1.165, 1.54) is 6.07 Å². The molecule has 1 unspecified atom stereocenters. The van der Waals surface area contributed by atoms with E-state index in [1.807, 2.05) is 13.0 Å². The highest BCUT2D eigenvalue weighted by Gasteiger charge is 2.19. The molecule has 1 aliphatic rings. The van der Waals surface area contributed by atoms with E-state index in [2.05, 4.69) is 11.4 Å². The minimum Gasteiger partial charge on any atom is -0.323 e. The highest BCUT2D eigenvalue weighted by molar-refractivity contribution is 5.92. The zero-order valence-corrected chi connectivity index (χ0v) is 9.87. The maximum Gasteiger partial charge on any atom is 0.227 e. The van der Waals surface area contributed by atoms with Crippen LogP contribution in [0.1, 0.15) is 24.8 Å². The van der Waals surface area contributed by atoms with E-state index in [-0.39, 0.29) is 23.3 Å². The molecule has 3 heteroatoms. The molecule has 0 radical (unpaired) electrons. The number of rotatable bonds is 2. The van der Waals surface area contributed by atoms with Crippen LogP contribution in [-0.4, -0.2) is 5.91 Å². The van der Waals surface area contributed by atoms with Gasteiger partial charge in [-0.15, -0.1) is 0 Å². The first-order valence-corrected chi connectivity index (χ1v) is 5.89. The Morgan fingerprint density at radius 2 is 2.24 bits per heavy atom. The van der Waals surface area contributed by atoms with Gasteiger partial charge in [-0.2, -0.15) is 0 Å². The van der Waals surface area contributed by atoms with Crippen LogP contribution in [0.2, 0.25) is 0 Å². The Labute approximate surface area is 101 Å². The van der Waals surface area contributed by atoms with Crippen LogP contribution >= 0.6 is 0 Å². The number of hydrogen-bond acceptors (Lipinski definition) is 1. The fraction of sp³-hybridized carbons (Fsp3) is 0.357. The van der Waals surface area contributed by atoms with Crippen molar-refractivity contribution in [3.05, 3.63) is 41.7 Å². The molecule has 0 aromatic heterocycles. The van der Waals surface area contributed by atoms with Crippen LogP contribution in [0.25, 0.3) is 0 Å². The fourth-order valence-electron chi connectivity index (χ4n) is 1.99. The quantitative estimate of drug-likeness (QED) is 0.779. The third-order valence-corrected chi connectivity index (χ3v) is 3.02. The zero-order chi connectivity index (χ0) is 12.3. The van der Waals surface area contributed by atoms with Gasteiger partial charge in [-0.1, -0.05) is 18.2 Å². The number of benzene rings is 1. The first-order valence-electron chi connectivity index (χ1n) is 5.89. The number of halogens is 1. The summed E-state index contributed by atoms with van der Waals surface area (Å²) in [5.41, 5.74) is 1.12. The monoisotopic (exact) mass is 233 g/mol. The van der Waals surface area contributed by atoms with Crippen molar-refractivity contribution in [2.24, 2.45) is 5.92 Å². The molecular formula is C14H16FNO. The molecular weight excluding hydrogens is 217 g/mol. The summed E-state index contributed by atoms with van der Waals surface area (Å²) in [7, 11) is 0. The van der Waals surface area contributed by atoms with Crippen LogP contribution < -0.4 is 5.32 Å².